The molecular weight excluding hydrogens is 227 g/mol. The number of anilines is 1. The highest BCUT2D eigenvalue weighted by molar-refractivity contribution is 6.31. The van der Waals surface area contributed by atoms with E-state index in [9.17, 15) is 4.39 Å². The van der Waals surface area contributed by atoms with E-state index >= 15 is 0 Å². The van der Waals surface area contributed by atoms with Crippen LogP contribution in [0.25, 0.3) is 0 Å². The van der Waals surface area contributed by atoms with E-state index in [1.807, 2.05) is 0 Å². The molecule has 1 aliphatic rings. The average molecular weight is 243 g/mol. The van der Waals surface area contributed by atoms with E-state index in [4.69, 9.17) is 11.6 Å². The Morgan fingerprint density at radius 1 is 1.31 bits per heavy atom. The zero-order valence-electron chi connectivity index (χ0n) is 9.18. The Morgan fingerprint density at radius 2 is 2.06 bits per heavy atom. The van der Waals surface area contributed by atoms with Crippen molar-refractivity contribution in [1.82, 2.24) is 4.90 Å². The summed E-state index contributed by atoms with van der Waals surface area (Å²) in [7, 11) is 0. The van der Waals surface area contributed by atoms with Gasteiger partial charge in [0.05, 0.1) is 10.7 Å². The predicted molar refractivity (Wildman–Crippen MR) is 65.6 cm³/mol. The zero-order chi connectivity index (χ0) is 11.4. The first-order chi connectivity index (χ1) is 7.77. The van der Waals surface area contributed by atoms with Gasteiger partial charge < -0.3 is 10.2 Å². The minimum atomic E-state index is -0.356. The van der Waals surface area contributed by atoms with Gasteiger partial charge in [0.1, 0.15) is 0 Å². The molecule has 88 valence electrons. The largest absolute Gasteiger partial charge is 0.381 e. The number of nitrogens with one attached hydrogen (secondary N) is 1. The molecule has 0 aromatic heterocycles. The third-order valence-electron chi connectivity index (χ3n) is 2.89. The molecule has 1 aromatic rings. The summed E-state index contributed by atoms with van der Waals surface area (Å²) in [5.41, 5.74) is 0.492. The van der Waals surface area contributed by atoms with E-state index in [2.05, 4.69) is 10.2 Å². The van der Waals surface area contributed by atoms with Crippen molar-refractivity contribution in [3.8, 4) is 0 Å². The topological polar surface area (TPSA) is 15.3 Å². The third-order valence-corrected chi connectivity index (χ3v) is 3.19. The van der Waals surface area contributed by atoms with Crippen LogP contribution < -0.4 is 5.32 Å². The van der Waals surface area contributed by atoms with Gasteiger partial charge in [0.25, 0.3) is 0 Å². The fraction of sp³-hybridized carbons (Fsp3) is 0.500. The van der Waals surface area contributed by atoms with Gasteiger partial charge in [-0.2, -0.15) is 0 Å². The maximum Gasteiger partial charge on any atom is 0.164 e. The van der Waals surface area contributed by atoms with Crippen molar-refractivity contribution in [2.75, 3.05) is 31.5 Å². The first-order valence-electron chi connectivity index (χ1n) is 5.67. The van der Waals surface area contributed by atoms with Gasteiger partial charge in [0, 0.05) is 13.1 Å². The summed E-state index contributed by atoms with van der Waals surface area (Å²) in [6.45, 7) is 4.06. The quantitative estimate of drug-likeness (QED) is 0.873. The number of benzene rings is 1. The highest BCUT2D eigenvalue weighted by Gasteiger charge is 2.11. The van der Waals surface area contributed by atoms with Gasteiger partial charge in [0.2, 0.25) is 0 Å². The van der Waals surface area contributed by atoms with E-state index in [1.165, 1.54) is 25.9 Å². The van der Waals surface area contributed by atoms with Gasteiger partial charge in [0.15, 0.2) is 5.82 Å². The fourth-order valence-electron chi connectivity index (χ4n) is 2.00. The minimum Gasteiger partial charge on any atom is -0.381 e. The molecule has 0 saturated carbocycles. The van der Waals surface area contributed by atoms with Crippen LogP contribution in [0.5, 0.6) is 0 Å². The highest BCUT2D eigenvalue weighted by atomic mass is 35.5. The number of halogens is 2. The molecule has 4 heteroatoms. The van der Waals surface area contributed by atoms with Gasteiger partial charge in [-0.3, -0.25) is 0 Å². The first kappa shape index (κ1) is 11.7. The maximum atomic E-state index is 13.5. The number of nitrogens with zero attached hydrogens (tertiary/aromatic N) is 1. The lowest BCUT2D eigenvalue weighted by Gasteiger charge is -2.15. The molecule has 1 N–H and O–H groups in total. The Morgan fingerprint density at radius 3 is 2.81 bits per heavy atom. The molecule has 2 nitrogen and oxygen atoms in total. The van der Waals surface area contributed by atoms with Crippen molar-refractivity contribution >= 4 is 17.3 Å². The average Bonchev–Trinajstić information content (AvgIpc) is 2.77. The molecule has 0 spiro atoms. The lowest BCUT2D eigenvalue weighted by molar-refractivity contribution is 0.352. The maximum absolute atomic E-state index is 13.5. The lowest BCUT2D eigenvalue weighted by Crippen LogP contribution is -2.26. The molecule has 0 bridgehead atoms. The first-order valence-corrected chi connectivity index (χ1v) is 6.05. The molecule has 0 aliphatic carbocycles. The fourth-order valence-corrected chi connectivity index (χ4v) is 2.17. The molecule has 1 saturated heterocycles. The second-order valence-electron chi connectivity index (χ2n) is 4.08. The van der Waals surface area contributed by atoms with Crippen LogP contribution in [0.1, 0.15) is 12.8 Å². The smallest absolute Gasteiger partial charge is 0.164 e. The van der Waals surface area contributed by atoms with Crippen molar-refractivity contribution in [2.45, 2.75) is 12.8 Å². The second-order valence-corrected chi connectivity index (χ2v) is 4.48. The van der Waals surface area contributed by atoms with Crippen molar-refractivity contribution in [1.29, 1.82) is 0 Å². The van der Waals surface area contributed by atoms with Crippen LogP contribution in [-0.4, -0.2) is 31.1 Å². The molecule has 0 radical (unpaired) electrons. The van der Waals surface area contributed by atoms with Crippen molar-refractivity contribution < 1.29 is 4.39 Å². The molecule has 1 fully saturated rings. The van der Waals surface area contributed by atoms with E-state index in [-0.39, 0.29) is 10.8 Å². The summed E-state index contributed by atoms with van der Waals surface area (Å²) >= 11 is 5.69. The van der Waals surface area contributed by atoms with Crippen molar-refractivity contribution in [2.24, 2.45) is 0 Å². The Bertz CT molecular complexity index is 351. The second kappa shape index (κ2) is 5.51. The third kappa shape index (κ3) is 2.86. The van der Waals surface area contributed by atoms with Gasteiger partial charge in [-0.05, 0) is 38.1 Å². The van der Waals surface area contributed by atoms with Crippen LogP contribution in [0.2, 0.25) is 5.02 Å². The number of likely N-dealkylation sites (tertiary alicyclic amines) is 1. The van der Waals surface area contributed by atoms with Gasteiger partial charge in [-0.15, -0.1) is 0 Å². The SMILES string of the molecule is Fc1c(Cl)cccc1NCCN1CCCC1. The van der Waals surface area contributed by atoms with E-state index in [0.717, 1.165) is 13.1 Å². The van der Waals surface area contributed by atoms with E-state index in [1.54, 1.807) is 18.2 Å². The van der Waals surface area contributed by atoms with Crippen molar-refractivity contribution in [3.05, 3.63) is 29.0 Å². The van der Waals surface area contributed by atoms with Crippen LogP contribution in [0.15, 0.2) is 18.2 Å². The summed E-state index contributed by atoms with van der Waals surface area (Å²) in [6, 6.07) is 5.03. The molecular formula is C12H16ClFN2. The van der Waals surface area contributed by atoms with Crippen LogP contribution in [0.4, 0.5) is 10.1 Å². The standard InChI is InChI=1S/C12H16ClFN2/c13-10-4-3-5-11(12(10)14)15-6-9-16-7-1-2-8-16/h3-5,15H,1-2,6-9H2. The predicted octanol–water partition coefficient (Wildman–Crippen LogP) is 2.99. The van der Waals surface area contributed by atoms with Crippen LogP contribution in [0, 0.1) is 5.82 Å². The Balaban J connectivity index is 1.82. The summed E-state index contributed by atoms with van der Waals surface area (Å²) in [5.74, 6) is -0.356. The molecule has 2 rings (SSSR count). The summed E-state index contributed by atoms with van der Waals surface area (Å²) < 4.78 is 13.5. The van der Waals surface area contributed by atoms with Gasteiger partial charge >= 0.3 is 0 Å². The summed E-state index contributed by atoms with van der Waals surface area (Å²) in [4.78, 5) is 2.38. The minimum absolute atomic E-state index is 0.172. The summed E-state index contributed by atoms with van der Waals surface area (Å²) in [6.07, 6.45) is 2.57. The van der Waals surface area contributed by atoms with Gasteiger partial charge in [-0.25, -0.2) is 4.39 Å². The normalized spacial score (nSPS) is 16.6. The molecule has 1 heterocycles. The number of hydrogen-bond donors (Lipinski definition) is 1. The molecule has 16 heavy (non-hydrogen) atoms. The Kier molecular flexibility index (Phi) is 4.02. The monoisotopic (exact) mass is 242 g/mol. The van der Waals surface area contributed by atoms with E-state index < -0.39 is 0 Å². The number of hydrogen-bond acceptors (Lipinski definition) is 2. The zero-order valence-corrected chi connectivity index (χ0v) is 9.93. The molecule has 1 aromatic carbocycles. The molecule has 0 amide bonds. The van der Waals surface area contributed by atoms with Crippen LogP contribution >= 0.6 is 11.6 Å². The lowest BCUT2D eigenvalue weighted by atomic mass is 10.3. The Hall–Kier alpha value is -0.800. The molecule has 0 unspecified atom stereocenters. The molecule has 0 atom stereocenters. The van der Waals surface area contributed by atoms with Crippen LogP contribution in [0.3, 0.4) is 0 Å². The number of rotatable bonds is 4. The Labute approximate surface area is 100 Å². The van der Waals surface area contributed by atoms with Crippen molar-refractivity contribution in [3.63, 3.8) is 0 Å². The van der Waals surface area contributed by atoms with Gasteiger partial charge in [-0.1, -0.05) is 17.7 Å². The van der Waals surface area contributed by atoms with E-state index in [0.29, 0.717) is 5.69 Å². The van der Waals surface area contributed by atoms with Crippen LogP contribution in [-0.2, 0) is 0 Å². The summed E-state index contributed by atoms with van der Waals surface area (Å²) in [5, 5.41) is 3.25. The molecule has 1 aliphatic heterocycles. The highest BCUT2D eigenvalue weighted by Crippen LogP contribution is 2.21.